The zero-order valence-corrected chi connectivity index (χ0v) is 14.1. The van der Waals surface area contributed by atoms with Crippen LogP contribution in [-0.2, 0) is 11.2 Å². The third-order valence-electron chi connectivity index (χ3n) is 4.09. The number of carbonyl (C=O) groups is 1. The predicted molar refractivity (Wildman–Crippen MR) is 91.2 cm³/mol. The minimum absolute atomic E-state index is 0.321. The fraction of sp³-hybridized carbons (Fsp3) is 0.211. The van der Waals surface area contributed by atoms with E-state index in [-0.39, 0.29) is 12.2 Å². The second kappa shape index (κ2) is 6.40. The number of fused-ring (bicyclic) bond motifs is 1. The van der Waals surface area contributed by atoms with E-state index in [1.807, 2.05) is 32.0 Å². The molecule has 0 aliphatic carbocycles. The third-order valence-corrected chi connectivity index (χ3v) is 4.09. The van der Waals surface area contributed by atoms with Crippen molar-refractivity contribution in [2.24, 2.45) is 0 Å². The number of halogens is 3. The van der Waals surface area contributed by atoms with E-state index >= 15 is 0 Å². The average Bonchev–Trinajstić information content (AvgIpc) is 2.83. The van der Waals surface area contributed by atoms with Crippen LogP contribution in [0.2, 0.25) is 0 Å². The minimum atomic E-state index is -4.81. The largest absolute Gasteiger partial charge is 0.573 e. The Balaban J connectivity index is 2.20. The molecule has 0 spiro atoms. The Morgan fingerprint density at radius 1 is 1.15 bits per heavy atom. The van der Waals surface area contributed by atoms with Crippen LogP contribution in [0.5, 0.6) is 5.75 Å². The average molecular weight is 363 g/mol. The molecule has 7 heteroatoms. The van der Waals surface area contributed by atoms with Gasteiger partial charge in [-0.25, -0.2) is 0 Å². The summed E-state index contributed by atoms with van der Waals surface area (Å²) in [5.41, 5.74) is 4.36. The van der Waals surface area contributed by atoms with Gasteiger partial charge in [-0.05, 0) is 43.2 Å². The van der Waals surface area contributed by atoms with Crippen LogP contribution >= 0.6 is 0 Å². The first-order valence-electron chi connectivity index (χ1n) is 7.84. The Labute approximate surface area is 147 Å². The van der Waals surface area contributed by atoms with Crippen molar-refractivity contribution in [1.29, 1.82) is 0 Å². The quantitative estimate of drug-likeness (QED) is 0.687. The summed E-state index contributed by atoms with van der Waals surface area (Å²) in [6, 6.07) is 9.59. The molecule has 0 aliphatic heterocycles. The SMILES string of the molecule is Cc1ccc(-c2[nH]c3ccc(OC(F)(F)F)cc3c2CC(=O)O)c(C)c1. The number of aliphatic carboxylic acids is 1. The molecular weight excluding hydrogens is 347 g/mol. The topological polar surface area (TPSA) is 62.3 Å². The summed E-state index contributed by atoms with van der Waals surface area (Å²) in [6.07, 6.45) is -5.13. The van der Waals surface area contributed by atoms with E-state index in [2.05, 4.69) is 9.72 Å². The predicted octanol–water partition coefficient (Wildman–Crippen LogP) is 4.98. The molecule has 0 amide bonds. The molecule has 0 saturated heterocycles. The highest BCUT2D eigenvalue weighted by Gasteiger charge is 2.31. The Bertz CT molecular complexity index is 990. The van der Waals surface area contributed by atoms with Crippen LogP contribution in [0.25, 0.3) is 22.2 Å². The molecule has 0 saturated carbocycles. The number of hydrogen-bond acceptors (Lipinski definition) is 2. The van der Waals surface area contributed by atoms with Gasteiger partial charge in [-0.2, -0.15) is 0 Å². The number of rotatable bonds is 4. The Kier molecular flexibility index (Phi) is 4.39. The molecule has 26 heavy (non-hydrogen) atoms. The summed E-state index contributed by atoms with van der Waals surface area (Å²) in [5.74, 6) is -1.46. The number of carboxylic acid groups (broad SMARTS) is 1. The van der Waals surface area contributed by atoms with E-state index in [0.717, 1.165) is 16.7 Å². The van der Waals surface area contributed by atoms with Crippen LogP contribution in [-0.4, -0.2) is 22.4 Å². The molecule has 2 N–H and O–H groups in total. The normalized spacial score (nSPS) is 11.7. The summed E-state index contributed by atoms with van der Waals surface area (Å²) in [7, 11) is 0. The number of ether oxygens (including phenoxy) is 1. The van der Waals surface area contributed by atoms with Crippen LogP contribution in [0.1, 0.15) is 16.7 Å². The molecule has 0 atom stereocenters. The number of aryl methyl sites for hydroxylation is 2. The number of benzene rings is 2. The van der Waals surface area contributed by atoms with Crippen molar-refractivity contribution < 1.29 is 27.8 Å². The van der Waals surface area contributed by atoms with E-state index in [9.17, 15) is 23.1 Å². The van der Waals surface area contributed by atoms with E-state index in [0.29, 0.717) is 22.2 Å². The zero-order valence-electron chi connectivity index (χ0n) is 14.1. The minimum Gasteiger partial charge on any atom is -0.481 e. The van der Waals surface area contributed by atoms with Crippen molar-refractivity contribution in [1.82, 2.24) is 4.98 Å². The van der Waals surface area contributed by atoms with Gasteiger partial charge in [0.05, 0.1) is 12.1 Å². The van der Waals surface area contributed by atoms with Crippen molar-refractivity contribution in [2.45, 2.75) is 26.6 Å². The number of aromatic nitrogens is 1. The van der Waals surface area contributed by atoms with Crippen molar-refractivity contribution in [3.63, 3.8) is 0 Å². The molecular formula is C19H16F3NO3. The maximum Gasteiger partial charge on any atom is 0.573 e. The summed E-state index contributed by atoms with van der Waals surface area (Å²) >= 11 is 0. The fourth-order valence-corrected chi connectivity index (χ4v) is 3.08. The lowest BCUT2D eigenvalue weighted by atomic mass is 9.98. The van der Waals surface area contributed by atoms with Gasteiger partial charge in [0, 0.05) is 16.5 Å². The molecule has 136 valence electrons. The van der Waals surface area contributed by atoms with Crippen LogP contribution in [0, 0.1) is 13.8 Å². The lowest BCUT2D eigenvalue weighted by Crippen LogP contribution is -2.17. The van der Waals surface area contributed by atoms with E-state index in [4.69, 9.17) is 0 Å². The molecule has 4 nitrogen and oxygen atoms in total. The first-order valence-corrected chi connectivity index (χ1v) is 7.84. The molecule has 0 unspecified atom stereocenters. The second-order valence-electron chi connectivity index (χ2n) is 6.12. The monoisotopic (exact) mass is 363 g/mol. The number of nitrogens with one attached hydrogen (secondary N) is 1. The van der Waals surface area contributed by atoms with Crippen molar-refractivity contribution in [3.05, 3.63) is 53.1 Å². The second-order valence-corrected chi connectivity index (χ2v) is 6.12. The van der Waals surface area contributed by atoms with Gasteiger partial charge in [0.2, 0.25) is 0 Å². The lowest BCUT2D eigenvalue weighted by molar-refractivity contribution is -0.274. The van der Waals surface area contributed by atoms with Crippen LogP contribution in [0.4, 0.5) is 13.2 Å². The summed E-state index contributed by atoms with van der Waals surface area (Å²) in [5, 5.41) is 9.65. The zero-order chi connectivity index (χ0) is 19.1. The van der Waals surface area contributed by atoms with E-state index in [1.165, 1.54) is 18.2 Å². The van der Waals surface area contributed by atoms with Crippen molar-refractivity contribution >= 4 is 16.9 Å². The summed E-state index contributed by atoms with van der Waals surface area (Å²) in [4.78, 5) is 14.5. The number of alkyl halides is 3. The third kappa shape index (κ3) is 3.66. The lowest BCUT2D eigenvalue weighted by Gasteiger charge is -2.09. The van der Waals surface area contributed by atoms with E-state index in [1.54, 1.807) is 0 Å². The highest BCUT2D eigenvalue weighted by molar-refractivity contribution is 5.95. The molecule has 2 aromatic carbocycles. The van der Waals surface area contributed by atoms with Gasteiger partial charge < -0.3 is 14.8 Å². The van der Waals surface area contributed by atoms with Crippen LogP contribution < -0.4 is 4.74 Å². The van der Waals surface area contributed by atoms with Crippen molar-refractivity contribution in [2.75, 3.05) is 0 Å². The van der Waals surface area contributed by atoms with Gasteiger partial charge >= 0.3 is 12.3 Å². The van der Waals surface area contributed by atoms with Gasteiger partial charge in [-0.3, -0.25) is 4.79 Å². The first-order chi connectivity index (χ1) is 12.1. The Morgan fingerprint density at radius 2 is 1.88 bits per heavy atom. The molecule has 0 aliphatic rings. The molecule has 1 aromatic heterocycles. The van der Waals surface area contributed by atoms with E-state index < -0.39 is 12.3 Å². The first kappa shape index (κ1) is 17.8. The van der Waals surface area contributed by atoms with Gasteiger partial charge in [0.1, 0.15) is 5.75 Å². The Morgan fingerprint density at radius 3 is 2.50 bits per heavy atom. The molecule has 3 rings (SSSR count). The summed E-state index contributed by atoms with van der Waals surface area (Å²) in [6.45, 7) is 3.84. The maximum atomic E-state index is 12.5. The van der Waals surface area contributed by atoms with Gasteiger partial charge in [-0.15, -0.1) is 13.2 Å². The molecule has 0 bridgehead atoms. The van der Waals surface area contributed by atoms with Crippen LogP contribution in [0.15, 0.2) is 36.4 Å². The molecule has 0 radical (unpaired) electrons. The van der Waals surface area contributed by atoms with Gasteiger partial charge in [0.25, 0.3) is 0 Å². The summed E-state index contributed by atoms with van der Waals surface area (Å²) < 4.78 is 41.4. The number of aromatic amines is 1. The fourth-order valence-electron chi connectivity index (χ4n) is 3.08. The van der Waals surface area contributed by atoms with Gasteiger partial charge in [-0.1, -0.05) is 23.8 Å². The number of hydrogen-bond donors (Lipinski definition) is 2. The van der Waals surface area contributed by atoms with Crippen molar-refractivity contribution in [3.8, 4) is 17.0 Å². The number of carboxylic acids is 1. The standard InChI is InChI=1S/C19H16F3NO3/c1-10-3-5-13(11(2)7-10)18-15(9-17(24)25)14-8-12(26-19(20,21)22)4-6-16(14)23-18/h3-8,23H,9H2,1-2H3,(H,24,25). The Hall–Kier alpha value is -2.96. The maximum absolute atomic E-state index is 12.5. The highest BCUT2D eigenvalue weighted by atomic mass is 19.4. The van der Waals surface area contributed by atoms with Crippen LogP contribution in [0.3, 0.4) is 0 Å². The molecule has 1 heterocycles. The smallest absolute Gasteiger partial charge is 0.481 e. The molecule has 0 fully saturated rings. The molecule has 3 aromatic rings. The van der Waals surface area contributed by atoms with Gasteiger partial charge in [0.15, 0.2) is 0 Å². The highest BCUT2D eigenvalue weighted by Crippen LogP contribution is 2.35. The number of H-pyrrole nitrogens is 1.